The summed E-state index contributed by atoms with van der Waals surface area (Å²) in [6.45, 7) is 2.38. The van der Waals surface area contributed by atoms with Gasteiger partial charge >= 0.3 is 6.03 Å². The highest BCUT2D eigenvalue weighted by molar-refractivity contribution is 5.93. The van der Waals surface area contributed by atoms with Crippen molar-refractivity contribution in [1.82, 2.24) is 10.3 Å². The van der Waals surface area contributed by atoms with Crippen LogP contribution in [0, 0.1) is 0 Å². The first-order chi connectivity index (χ1) is 12.3. The fourth-order valence-electron chi connectivity index (χ4n) is 3.65. The largest absolute Gasteiger partial charge is 0.370 e. The fourth-order valence-corrected chi connectivity index (χ4v) is 3.65. The molecule has 0 bridgehead atoms. The van der Waals surface area contributed by atoms with Crippen molar-refractivity contribution in [2.45, 2.75) is 32.1 Å². The van der Waals surface area contributed by atoms with Crippen LogP contribution >= 0.6 is 0 Å². The van der Waals surface area contributed by atoms with Gasteiger partial charge in [0.25, 0.3) is 0 Å². The normalized spacial score (nSPS) is 15.8. The molecule has 0 saturated carbocycles. The number of para-hydroxylation sites is 1. The van der Waals surface area contributed by atoms with Crippen molar-refractivity contribution in [2.75, 3.05) is 29.9 Å². The van der Waals surface area contributed by atoms with Crippen LogP contribution in [0.2, 0.25) is 0 Å². The Kier molecular flexibility index (Phi) is 4.55. The van der Waals surface area contributed by atoms with Crippen molar-refractivity contribution in [1.29, 1.82) is 0 Å². The van der Waals surface area contributed by atoms with Crippen molar-refractivity contribution >= 4 is 17.5 Å². The molecule has 2 amide bonds. The molecule has 1 aromatic carbocycles. The number of carbonyl (C=O) groups is 1. The van der Waals surface area contributed by atoms with E-state index < -0.39 is 0 Å². The predicted octanol–water partition coefficient (Wildman–Crippen LogP) is 3.14. The quantitative estimate of drug-likeness (QED) is 0.905. The van der Waals surface area contributed by atoms with Crippen LogP contribution in [0.4, 0.5) is 16.3 Å². The number of hydrogen-bond donors (Lipinski definition) is 2. The second kappa shape index (κ2) is 7.13. The van der Waals surface area contributed by atoms with Crippen LogP contribution < -0.4 is 15.5 Å². The number of benzene rings is 1. The molecule has 0 fully saturated rings. The molecule has 25 heavy (non-hydrogen) atoms. The number of nitrogens with one attached hydrogen (secondary N) is 2. The van der Waals surface area contributed by atoms with Gasteiger partial charge in [0.05, 0.1) is 0 Å². The minimum atomic E-state index is -0.0109. The van der Waals surface area contributed by atoms with Crippen molar-refractivity contribution in [2.24, 2.45) is 0 Å². The van der Waals surface area contributed by atoms with Gasteiger partial charge in [0.15, 0.2) is 0 Å². The van der Waals surface area contributed by atoms with E-state index in [9.17, 15) is 4.79 Å². The maximum absolute atomic E-state index is 12.6. The van der Waals surface area contributed by atoms with E-state index in [1.165, 1.54) is 17.5 Å². The van der Waals surface area contributed by atoms with Gasteiger partial charge in [-0.3, -0.25) is 4.90 Å². The SMILES string of the molecule is O=C(NCCc1ccc2c(n1)NCCC2)N1CCCc2ccccc21. The van der Waals surface area contributed by atoms with Gasteiger partial charge in [0, 0.05) is 37.4 Å². The zero-order chi connectivity index (χ0) is 17.1. The van der Waals surface area contributed by atoms with Gasteiger partial charge in [-0.2, -0.15) is 0 Å². The number of nitrogens with zero attached hydrogens (tertiary/aromatic N) is 2. The molecule has 2 aliphatic heterocycles. The molecule has 0 spiro atoms. The van der Waals surface area contributed by atoms with Crippen LogP contribution in [0.1, 0.15) is 29.7 Å². The molecular formula is C20H24N4O. The number of fused-ring (bicyclic) bond motifs is 2. The minimum Gasteiger partial charge on any atom is -0.370 e. The fraction of sp³-hybridized carbons (Fsp3) is 0.400. The van der Waals surface area contributed by atoms with E-state index in [1.807, 2.05) is 23.1 Å². The Morgan fingerprint density at radius 2 is 2.00 bits per heavy atom. The summed E-state index contributed by atoms with van der Waals surface area (Å²) >= 11 is 0. The summed E-state index contributed by atoms with van der Waals surface area (Å²) < 4.78 is 0. The van der Waals surface area contributed by atoms with Crippen molar-refractivity contribution in [3.8, 4) is 0 Å². The van der Waals surface area contributed by atoms with Gasteiger partial charge in [-0.15, -0.1) is 0 Å². The molecule has 5 heteroatoms. The van der Waals surface area contributed by atoms with Crippen molar-refractivity contribution in [3.63, 3.8) is 0 Å². The number of aromatic nitrogens is 1. The van der Waals surface area contributed by atoms with Crippen LogP contribution in [-0.2, 0) is 19.3 Å². The van der Waals surface area contributed by atoms with Crippen LogP contribution in [0.5, 0.6) is 0 Å². The average molecular weight is 336 g/mol. The molecule has 5 nitrogen and oxygen atoms in total. The maximum atomic E-state index is 12.6. The van der Waals surface area contributed by atoms with Gasteiger partial charge in [0.2, 0.25) is 0 Å². The van der Waals surface area contributed by atoms with E-state index in [2.05, 4.69) is 33.8 Å². The summed E-state index contributed by atoms with van der Waals surface area (Å²) in [6.07, 6.45) is 5.08. The van der Waals surface area contributed by atoms with E-state index >= 15 is 0 Å². The van der Waals surface area contributed by atoms with Gasteiger partial charge in [-0.25, -0.2) is 9.78 Å². The maximum Gasteiger partial charge on any atom is 0.321 e. The number of aryl methyl sites for hydroxylation is 2. The van der Waals surface area contributed by atoms with Gasteiger partial charge in [0.1, 0.15) is 5.82 Å². The lowest BCUT2D eigenvalue weighted by molar-refractivity contribution is 0.246. The number of hydrogen-bond acceptors (Lipinski definition) is 3. The molecule has 2 aliphatic rings. The zero-order valence-electron chi connectivity index (χ0n) is 14.4. The Morgan fingerprint density at radius 3 is 2.96 bits per heavy atom. The molecule has 0 radical (unpaired) electrons. The predicted molar refractivity (Wildman–Crippen MR) is 100 cm³/mol. The average Bonchev–Trinajstić information content (AvgIpc) is 2.67. The third-order valence-electron chi connectivity index (χ3n) is 4.96. The molecule has 1 aromatic heterocycles. The number of urea groups is 1. The Hall–Kier alpha value is -2.56. The number of anilines is 2. The van der Waals surface area contributed by atoms with E-state index in [0.717, 1.165) is 56.0 Å². The Labute approximate surface area is 148 Å². The molecule has 0 atom stereocenters. The summed E-state index contributed by atoms with van der Waals surface area (Å²) in [4.78, 5) is 19.1. The summed E-state index contributed by atoms with van der Waals surface area (Å²) in [5.74, 6) is 1.01. The second-order valence-electron chi connectivity index (χ2n) is 6.71. The third kappa shape index (κ3) is 3.45. The topological polar surface area (TPSA) is 57.3 Å². The van der Waals surface area contributed by atoms with Crippen LogP contribution in [-0.4, -0.2) is 30.6 Å². The molecular weight excluding hydrogens is 312 g/mol. The lowest BCUT2D eigenvalue weighted by atomic mass is 10.0. The summed E-state index contributed by atoms with van der Waals surface area (Å²) in [7, 11) is 0. The van der Waals surface area contributed by atoms with Crippen molar-refractivity contribution < 1.29 is 4.79 Å². The second-order valence-corrected chi connectivity index (χ2v) is 6.71. The molecule has 2 aromatic rings. The lowest BCUT2D eigenvalue weighted by Crippen LogP contribution is -2.43. The summed E-state index contributed by atoms with van der Waals surface area (Å²) in [5.41, 5.74) is 4.62. The highest BCUT2D eigenvalue weighted by atomic mass is 16.2. The van der Waals surface area contributed by atoms with E-state index in [4.69, 9.17) is 0 Å². The number of carbonyl (C=O) groups excluding carboxylic acids is 1. The standard InChI is InChI=1S/C20H24N4O/c25-20(24-14-4-7-15-5-1-2-8-18(15)24)22-13-11-17-10-9-16-6-3-12-21-19(16)23-17/h1-2,5,8-10H,3-4,6-7,11-14H2,(H,21,23)(H,22,25). The molecule has 0 saturated heterocycles. The van der Waals surface area contributed by atoms with E-state index in [-0.39, 0.29) is 6.03 Å². The highest BCUT2D eigenvalue weighted by Gasteiger charge is 2.21. The third-order valence-corrected chi connectivity index (χ3v) is 4.96. The minimum absolute atomic E-state index is 0.0109. The number of rotatable bonds is 3. The van der Waals surface area contributed by atoms with Gasteiger partial charge in [-0.1, -0.05) is 24.3 Å². The van der Waals surface area contributed by atoms with Gasteiger partial charge in [-0.05, 0) is 48.9 Å². The summed E-state index contributed by atoms with van der Waals surface area (Å²) in [5, 5.41) is 6.41. The monoisotopic (exact) mass is 336 g/mol. The first-order valence-electron chi connectivity index (χ1n) is 9.17. The number of amides is 2. The van der Waals surface area contributed by atoms with Crippen LogP contribution in [0.3, 0.4) is 0 Å². The van der Waals surface area contributed by atoms with Gasteiger partial charge < -0.3 is 10.6 Å². The first-order valence-corrected chi connectivity index (χ1v) is 9.17. The van der Waals surface area contributed by atoms with Crippen LogP contribution in [0.15, 0.2) is 36.4 Å². The highest BCUT2D eigenvalue weighted by Crippen LogP contribution is 2.26. The Balaban J connectivity index is 1.35. The van der Waals surface area contributed by atoms with E-state index in [1.54, 1.807) is 0 Å². The molecule has 0 aliphatic carbocycles. The molecule has 130 valence electrons. The molecule has 3 heterocycles. The van der Waals surface area contributed by atoms with E-state index in [0.29, 0.717) is 6.54 Å². The smallest absolute Gasteiger partial charge is 0.321 e. The zero-order valence-corrected chi connectivity index (χ0v) is 14.4. The molecule has 2 N–H and O–H groups in total. The Morgan fingerprint density at radius 1 is 1.12 bits per heavy atom. The number of pyridine rings is 1. The lowest BCUT2D eigenvalue weighted by Gasteiger charge is -2.29. The Bertz CT molecular complexity index is 774. The van der Waals surface area contributed by atoms with Crippen LogP contribution in [0.25, 0.3) is 0 Å². The molecule has 4 rings (SSSR count). The summed E-state index contributed by atoms with van der Waals surface area (Å²) in [6, 6.07) is 12.4. The molecule has 0 unspecified atom stereocenters. The first kappa shape index (κ1) is 15.9. The van der Waals surface area contributed by atoms with Crippen molar-refractivity contribution in [3.05, 3.63) is 53.2 Å².